The molecule has 0 radical (unpaired) electrons. The van der Waals surface area contributed by atoms with E-state index in [4.69, 9.17) is 4.52 Å². The van der Waals surface area contributed by atoms with Gasteiger partial charge in [-0.1, -0.05) is 19.0 Å². The fraction of sp³-hybridized carbons (Fsp3) is 0.588. The van der Waals surface area contributed by atoms with E-state index in [0.717, 1.165) is 25.2 Å². The molecule has 1 aliphatic heterocycles. The molecule has 2 aromatic heterocycles. The van der Waals surface area contributed by atoms with Gasteiger partial charge in [-0.05, 0) is 26.7 Å². The number of nitrogens with zero attached hydrogens (tertiary/aromatic N) is 4. The minimum atomic E-state index is 0.0370. The van der Waals surface area contributed by atoms with Crippen molar-refractivity contribution in [3.63, 3.8) is 0 Å². The molecule has 0 N–H and O–H groups in total. The molecule has 124 valence electrons. The smallest absolute Gasteiger partial charge is 0.259 e. The molecule has 6 heteroatoms. The lowest BCUT2D eigenvalue weighted by molar-refractivity contribution is 0.0674. The molecule has 2 aromatic rings. The summed E-state index contributed by atoms with van der Waals surface area (Å²) in [5.74, 6) is 1.86. The van der Waals surface area contributed by atoms with E-state index in [1.807, 2.05) is 45.0 Å². The summed E-state index contributed by atoms with van der Waals surface area (Å²) in [4.78, 5) is 19.2. The van der Waals surface area contributed by atoms with Gasteiger partial charge < -0.3 is 14.0 Å². The number of rotatable bonds is 3. The van der Waals surface area contributed by atoms with E-state index >= 15 is 0 Å². The zero-order valence-corrected chi connectivity index (χ0v) is 14.2. The molecule has 0 unspecified atom stereocenters. The van der Waals surface area contributed by atoms with E-state index in [2.05, 4.69) is 14.7 Å². The topological polar surface area (TPSA) is 64.2 Å². The summed E-state index contributed by atoms with van der Waals surface area (Å²) in [6, 6.07) is 0.290. The summed E-state index contributed by atoms with van der Waals surface area (Å²) in [6.45, 7) is 9.37. The Hall–Kier alpha value is -2.11. The van der Waals surface area contributed by atoms with E-state index in [1.54, 1.807) is 0 Å². The second-order valence-corrected chi connectivity index (χ2v) is 6.59. The molecule has 1 aliphatic rings. The zero-order chi connectivity index (χ0) is 16.6. The van der Waals surface area contributed by atoms with Gasteiger partial charge in [0.05, 0.1) is 11.7 Å². The fourth-order valence-corrected chi connectivity index (χ4v) is 3.34. The summed E-state index contributed by atoms with van der Waals surface area (Å²) < 4.78 is 7.54. The van der Waals surface area contributed by atoms with E-state index < -0.39 is 0 Å². The van der Waals surface area contributed by atoms with E-state index in [1.165, 1.54) is 0 Å². The van der Waals surface area contributed by atoms with Crippen LogP contribution in [0.25, 0.3) is 0 Å². The summed E-state index contributed by atoms with van der Waals surface area (Å²) in [6.07, 6.45) is 5.88. The average Bonchev–Trinajstić information content (AvgIpc) is 3.12. The van der Waals surface area contributed by atoms with E-state index in [9.17, 15) is 4.79 Å². The van der Waals surface area contributed by atoms with Gasteiger partial charge in [-0.15, -0.1) is 0 Å². The molecule has 0 spiro atoms. The van der Waals surface area contributed by atoms with Gasteiger partial charge in [-0.3, -0.25) is 4.79 Å². The largest absolute Gasteiger partial charge is 0.360 e. The number of likely N-dealkylation sites (tertiary alicyclic amines) is 1. The molecule has 1 atom stereocenters. The van der Waals surface area contributed by atoms with Gasteiger partial charge in [0, 0.05) is 31.4 Å². The third-order valence-electron chi connectivity index (χ3n) is 4.57. The summed E-state index contributed by atoms with van der Waals surface area (Å²) >= 11 is 0. The molecule has 0 saturated carbocycles. The number of piperidine rings is 1. The lowest BCUT2D eigenvalue weighted by Crippen LogP contribution is -2.41. The van der Waals surface area contributed by atoms with Crippen LogP contribution in [0.2, 0.25) is 0 Å². The molecule has 0 aliphatic carbocycles. The van der Waals surface area contributed by atoms with Gasteiger partial charge in [0.15, 0.2) is 5.76 Å². The first kappa shape index (κ1) is 15.8. The van der Waals surface area contributed by atoms with Gasteiger partial charge in [0.25, 0.3) is 5.91 Å². The highest BCUT2D eigenvalue weighted by Crippen LogP contribution is 2.28. The Morgan fingerprint density at radius 1 is 1.39 bits per heavy atom. The second-order valence-electron chi connectivity index (χ2n) is 6.59. The monoisotopic (exact) mass is 316 g/mol. The normalized spacial score (nSPS) is 18.7. The molecular formula is C17H24N4O2. The molecule has 0 aromatic carbocycles. The van der Waals surface area contributed by atoms with Gasteiger partial charge in [-0.25, -0.2) is 4.98 Å². The molecule has 6 nitrogen and oxygen atoms in total. The number of carbonyl (C=O) groups excluding carboxylic acids is 1. The highest BCUT2D eigenvalue weighted by molar-refractivity contribution is 5.96. The Bertz CT molecular complexity index is 701. The van der Waals surface area contributed by atoms with E-state index in [-0.39, 0.29) is 17.9 Å². The van der Waals surface area contributed by atoms with E-state index in [0.29, 0.717) is 23.6 Å². The highest BCUT2D eigenvalue weighted by atomic mass is 16.5. The van der Waals surface area contributed by atoms with Crippen molar-refractivity contribution in [3.05, 3.63) is 35.2 Å². The molecule has 3 rings (SSSR count). The Labute approximate surface area is 136 Å². The maximum absolute atomic E-state index is 13.0. The maximum Gasteiger partial charge on any atom is 0.259 e. The van der Waals surface area contributed by atoms with Gasteiger partial charge in [0.1, 0.15) is 11.4 Å². The molecule has 23 heavy (non-hydrogen) atoms. The quantitative estimate of drug-likeness (QED) is 0.873. The maximum atomic E-state index is 13.0. The van der Waals surface area contributed by atoms with Crippen molar-refractivity contribution in [2.75, 3.05) is 13.1 Å². The number of imidazole rings is 1. The van der Waals surface area contributed by atoms with Crippen LogP contribution in [0, 0.1) is 13.8 Å². The van der Waals surface area contributed by atoms with Crippen LogP contribution in [-0.2, 0) is 0 Å². The number of aromatic nitrogens is 3. The summed E-state index contributed by atoms with van der Waals surface area (Å²) in [5, 5.41) is 4.00. The van der Waals surface area contributed by atoms with Crippen LogP contribution in [0.5, 0.6) is 0 Å². The van der Waals surface area contributed by atoms with Crippen molar-refractivity contribution >= 4 is 5.91 Å². The van der Waals surface area contributed by atoms with Gasteiger partial charge >= 0.3 is 0 Å². The first-order valence-corrected chi connectivity index (χ1v) is 8.24. The zero-order valence-electron chi connectivity index (χ0n) is 14.2. The Kier molecular flexibility index (Phi) is 4.24. The summed E-state index contributed by atoms with van der Waals surface area (Å²) in [7, 11) is 0. The number of aryl methyl sites for hydroxylation is 2. The lowest BCUT2D eigenvalue weighted by Gasteiger charge is -2.34. The number of hydrogen-bond acceptors (Lipinski definition) is 4. The van der Waals surface area contributed by atoms with Gasteiger partial charge in [-0.2, -0.15) is 0 Å². The molecule has 1 fully saturated rings. The van der Waals surface area contributed by atoms with Crippen LogP contribution in [0.1, 0.15) is 66.3 Å². The highest BCUT2D eigenvalue weighted by Gasteiger charge is 2.30. The first-order chi connectivity index (χ1) is 11.0. The van der Waals surface area contributed by atoms with Crippen molar-refractivity contribution in [1.82, 2.24) is 19.6 Å². The molecule has 0 bridgehead atoms. The minimum absolute atomic E-state index is 0.0370. The number of amides is 1. The Morgan fingerprint density at radius 2 is 2.17 bits per heavy atom. The minimum Gasteiger partial charge on any atom is -0.360 e. The molecule has 1 saturated heterocycles. The predicted molar refractivity (Wildman–Crippen MR) is 86.5 cm³/mol. The van der Waals surface area contributed by atoms with Crippen LogP contribution in [-0.4, -0.2) is 38.6 Å². The fourth-order valence-electron chi connectivity index (χ4n) is 3.34. The molecule has 1 amide bonds. The van der Waals surface area contributed by atoms with Crippen LogP contribution < -0.4 is 0 Å². The molecule has 3 heterocycles. The van der Waals surface area contributed by atoms with Crippen molar-refractivity contribution in [2.24, 2.45) is 0 Å². The Morgan fingerprint density at radius 3 is 2.83 bits per heavy atom. The summed E-state index contributed by atoms with van der Waals surface area (Å²) in [5.41, 5.74) is 1.32. The third kappa shape index (κ3) is 2.90. The first-order valence-electron chi connectivity index (χ1n) is 8.24. The van der Waals surface area contributed by atoms with Gasteiger partial charge in [0.2, 0.25) is 0 Å². The van der Waals surface area contributed by atoms with Crippen LogP contribution in [0.4, 0.5) is 0 Å². The number of carbonyl (C=O) groups is 1. The van der Waals surface area contributed by atoms with Crippen LogP contribution in [0.15, 0.2) is 16.9 Å². The van der Waals surface area contributed by atoms with Crippen LogP contribution >= 0.6 is 0 Å². The van der Waals surface area contributed by atoms with Crippen LogP contribution in [0.3, 0.4) is 0 Å². The number of hydrogen-bond donors (Lipinski definition) is 0. The predicted octanol–water partition coefficient (Wildman–Crippen LogP) is 3.09. The Balaban J connectivity index is 1.83. The van der Waals surface area contributed by atoms with Crippen molar-refractivity contribution in [3.8, 4) is 0 Å². The van der Waals surface area contributed by atoms with Crippen molar-refractivity contribution in [2.45, 2.75) is 52.5 Å². The van der Waals surface area contributed by atoms with Crippen molar-refractivity contribution < 1.29 is 9.32 Å². The standard InChI is InChI=1S/C17H24N4O2/c1-11(2)16-15(12(3)19-23-16)17(22)20-8-5-6-14(10-20)21-9-7-18-13(21)4/h7,9,11,14H,5-6,8,10H2,1-4H3/t14-/m0/s1. The lowest BCUT2D eigenvalue weighted by atomic mass is 10.0. The molecular weight excluding hydrogens is 292 g/mol. The third-order valence-corrected chi connectivity index (χ3v) is 4.57. The second kappa shape index (κ2) is 6.18. The van der Waals surface area contributed by atoms with Crippen molar-refractivity contribution in [1.29, 1.82) is 0 Å². The average molecular weight is 316 g/mol. The SMILES string of the molecule is Cc1noc(C(C)C)c1C(=O)N1CCC[C@H](n2ccnc2C)C1.